The molecule has 1 aliphatic rings. The Balaban J connectivity index is 1.83. The van der Waals surface area contributed by atoms with E-state index in [0.29, 0.717) is 0 Å². The third kappa shape index (κ3) is 2.25. The number of hydrogen-bond donors (Lipinski definition) is 1. The van der Waals surface area contributed by atoms with Crippen molar-refractivity contribution in [1.82, 2.24) is 10.2 Å². The lowest BCUT2D eigenvalue weighted by Crippen LogP contribution is -1.98. The topological polar surface area (TPSA) is 37.8 Å². The summed E-state index contributed by atoms with van der Waals surface area (Å²) >= 11 is 1.64. The van der Waals surface area contributed by atoms with Crippen LogP contribution in [0.1, 0.15) is 30.9 Å². The van der Waals surface area contributed by atoms with Gasteiger partial charge in [0.2, 0.25) is 5.13 Å². The summed E-state index contributed by atoms with van der Waals surface area (Å²) in [5.41, 5.74) is 4.20. The van der Waals surface area contributed by atoms with Crippen molar-refractivity contribution in [3.63, 3.8) is 0 Å². The van der Waals surface area contributed by atoms with Gasteiger partial charge in [-0.1, -0.05) is 30.4 Å². The zero-order valence-electron chi connectivity index (χ0n) is 10.6. The van der Waals surface area contributed by atoms with E-state index in [4.69, 9.17) is 0 Å². The van der Waals surface area contributed by atoms with Crippen molar-refractivity contribution in [2.45, 2.75) is 32.6 Å². The summed E-state index contributed by atoms with van der Waals surface area (Å²) in [5, 5.41) is 13.7. The highest BCUT2D eigenvalue weighted by Gasteiger charge is 2.13. The Bertz CT molecular complexity index is 548. The first-order valence-electron chi connectivity index (χ1n) is 6.56. The van der Waals surface area contributed by atoms with Gasteiger partial charge in [-0.05, 0) is 42.9 Å². The molecule has 0 saturated heterocycles. The molecule has 94 valence electrons. The van der Waals surface area contributed by atoms with Gasteiger partial charge in [0.1, 0.15) is 5.01 Å². The largest absolute Gasteiger partial charge is 0.360 e. The summed E-state index contributed by atoms with van der Waals surface area (Å²) in [4.78, 5) is 0. The molecular formula is C14H17N3S. The van der Waals surface area contributed by atoms with E-state index < -0.39 is 0 Å². The Hall–Kier alpha value is -1.42. The summed E-state index contributed by atoms with van der Waals surface area (Å²) in [5.74, 6) is 0. The van der Waals surface area contributed by atoms with E-state index in [0.717, 1.165) is 23.1 Å². The molecule has 0 spiro atoms. The molecular weight excluding hydrogens is 242 g/mol. The van der Waals surface area contributed by atoms with Gasteiger partial charge in [-0.3, -0.25) is 0 Å². The second-order valence-electron chi connectivity index (χ2n) is 4.68. The Labute approximate surface area is 111 Å². The van der Waals surface area contributed by atoms with Crippen LogP contribution in [0.25, 0.3) is 10.6 Å². The second kappa shape index (κ2) is 5.06. The van der Waals surface area contributed by atoms with Crippen LogP contribution >= 0.6 is 11.3 Å². The van der Waals surface area contributed by atoms with Crippen molar-refractivity contribution >= 4 is 16.5 Å². The van der Waals surface area contributed by atoms with Crippen LogP contribution in [0.5, 0.6) is 0 Å². The van der Waals surface area contributed by atoms with E-state index in [1.807, 2.05) is 0 Å². The molecule has 3 nitrogen and oxygen atoms in total. The van der Waals surface area contributed by atoms with E-state index in [9.17, 15) is 0 Å². The number of rotatable bonds is 4. The van der Waals surface area contributed by atoms with Gasteiger partial charge in [-0.2, -0.15) is 0 Å². The molecule has 0 fully saturated rings. The highest BCUT2D eigenvalue weighted by Crippen LogP contribution is 2.30. The smallest absolute Gasteiger partial charge is 0.206 e. The van der Waals surface area contributed by atoms with Gasteiger partial charge in [0.25, 0.3) is 0 Å². The highest BCUT2D eigenvalue weighted by molar-refractivity contribution is 7.18. The number of benzene rings is 1. The van der Waals surface area contributed by atoms with Crippen molar-refractivity contribution in [2.24, 2.45) is 0 Å². The molecule has 1 aromatic carbocycles. The van der Waals surface area contributed by atoms with Gasteiger partial charge in [-0.15, -0.1) is 10.2 Å². The number of nitrogens with one attached hydrogen (secondary N) is 1. The first-order chi connectivity index (χ1) is 8.86. The quantitative estimate of drug-likeness (QED) is 0.913. The summed E-state index contributed by atoms with van der Waals surface area (Å²) < 4.78 is 0. The fourth-order valence-electron chi connectivity index (χ4n) is 2.35. The Morgan fingerprint density at radius 1 is 1.22 bits per heavy atom. The van der Waals surface area contributed by atoms with E-state index in [1.54, 1.807) is 11.3 Å². The van der Waals surface area contributed by atoms with Crippen LogP contribution in [0, 0.1) is 0 Å². The monoisotopic (exact) mass is 259 g/mol. The van der Waals surface area contributed by atoms with E-state index in [1.165, 1.54) is 36.0 Å². The minimum absolute atomic E-state index is 0.923. The molecule has 3 rings (SSSR count). The first kappa shape index (κ1) is 11.7. The second-order valence-corrected chi connectivity index (χ2v) is 5.65. The van der Waals surface area contributed by atoms with Crippen molar-refractivity contribution in [3.8, 4) is 10.6 Å². The molecule has 0 bridgehead atoms. The molecule has 0 aliphatic heterocycles. The van der Waals surface area contributed by atoms with Gasteiger partial charge in [0, 0.05) is 12.1 Å². The molecule has 1 N–H and O–H groups in total. The van der Waals surface area contributed by atoms with Crippen LogP contribution < -0.4 is 5.32 Å². The molecule has 0 atom stereocenters. The Kier molecular flexibility index (Phi) is 3.28. The predicted molar refractivity (Wildman–Crippen MR) is 76.2 cm³/mol. The Morgan fingerprint density at radius 2 is 2.11 bits per heavy atom. The lowest BCUT2D eigenvalue weighted by atomic mass is 10.1. The van der Waals surface area contributed by atoms with Crippen LogP contribution in [-0.2, 0) is 12.8 Å². The van der Waals surface area contributed by atoms with Crippen molar-refractivity contribution in [2.75, 3.05) is 11.9 Å². The lowest BCUT2D eigenvalue weighted by molar-refractivity contribution is 0.912. The molecule has 0 unspecified atom stereocenters. The molecule has 18 heavy (non-hydrogen) atoms. The van der Waals surface area contributed by atoms with Crippen LogP contribution in [0.4, 0.5) is 5.13 Å². The van der Waals surface area contributed by atoms with Crippen molar-refractivity contribution in [3.05, 3.63) is 29.3 Å². The normalized spacial score (nSPS) is 13.6. The Morgan fingerprint density at radius 3 is 3.00 bits per heavy atom. The van der Waals surface area contributed by atoms with Gasteiger partial charge < -0.3 is 5.32 Å². The summed E-state index contributed by atoms with van der Waals surface area (Å²) in [6, 6.07) is 6.71. The minimum atomic E-state index is 0.923. The molecule has 2 aromatic rings. The molecule has 0 saturated carbocycles. The van der Waals surface area contributed by atoms with E-state index >= 15 is 0 Å². The van der Waals surface area contributed by atoms with Crippen LogP contribution in [0.3, 0.4) is 0 Å². The number of aryl methyl sites for hydroxylation is 2. The third-order valence-corrected chi connectivity index (χ3v) is 4.23. The SMILES string of the molecule is CCCNc1nnc(-c2ccc3c(c2)CCC3)s1. The average molecular weight is 259 g/mol. The third-order valence-electron chi connectivity index (χ3n) is 3.30. The van der Waals surface area contributed by atoms with Gasteiger partial charge in [-0.25, -0.2) is 0 Å². The maximum atomic E-state index is 4.27. The van der Waals surface area contributed by atoms with Gasteiger partial charge in [0.15, 0.2) is 0 Å². The van der Waals surface area contributed by atoms with E-state index in [-0.39, 0.29) is 0 Å². The number of hydrogen-bond acceptors (Lipinski definition) is 4. The lowest BCUT2D eigenvalue weighted by Gasteiger charge is -2.01. The molecule has 4 heteroatoms. The average Bonchev–Trinajstić information content (AvgIpc) is 3.04. The molecule has 0 amide bonds. The van der Waals surface area contributed by atoms with Crippen molar-refractivity contribution < 1.29 is 0 Å². The standard InChI is InChI=1S/C14H17N3S/c1-2-8-15-14-17-16-13(18-14)12-7-6-10-4-3-5-11(10)9-12/h6-7,9H,2-5,8H2,1H3,(H,15,17). The minimum Gasteiger partial charge on any atom is -0.360 e. The van der Waals surface area contributed by atoms with E-state index in [2.05, 4.69) is 40.6 Å². The fourth-order valence-corrected chi connectivity index (χ4v) is 3.11. The first-order valence-corrected chi connectivity index (χ1v) is 7.38. The maximum Gasteiger partial charge on any atom is 0.206 e. The number of anilines is 1. The maximum absolute atomic E-state index is 4.27. The molecule has 1 aromatic heterocycles. The zero-order valence-corrected chi connectivity index (χ0v) is 11.4. The molecule has 1 heterocycles. The predicted octanol–water partition coefficient (Wildman–Crippen LogP) is 3.52. The van der Waals surface area contributed by atoms with Crippen LogP contribution in [0.15, 0.2) is 18.2 Å². The van der Waals surface area contributed by atoms with Crippen LogP contribution in [-0.4, -0.2) is 16.7 Å². The fraction of sp³-hybridized carbons (Fsp3) is 0.429. The van der Waals surface area contributed by atoms with Crippen LogP contribution in [0.2, 0.25) is 0 Å². The number of aromatic nitrogens is 2. The summed E-state index contributed by atoms with van der Waals surface area (Å²) in [7, 11) is 0. The zero-order chi connectivity index (χ0) is 12.4. The number of nitrogens with zero attached hydrogens (tertiary/aromatic N) is 2. The highest BCUT2D eigenvalue weighted by atomic mass is 32.1. The molecule has 1 aliphatic carbocycles. The van der Waals surface area contributed by atoms with Gasteiger partial charge >= 0.3 is 0 Å². The van der Waals surface area contributed by atoms with Crippen molar-refractivity contribution in [1.29, 1.82) is 0 Å². The summed E-state index contributed by atoms with van der Waals surface area (Å²) in [6.07, 6.45) is 4.84. The number of fused-ring (bicyclic) bond motifs is 1. The summed E-state index contributed by atoms with van der Waals surface area (Å²) in [6.45, 7) is 3.11. The molecule has 0 radical (unpaired) electrons. The van der Waals surface area contributed by atoms with Gasteiger partial charge in [0.05, 0.1) is 0 Å².